The Bertz CT molecular complexity index is 602. The molecule has 1 aromatic heterocycles. The molecular formula is C22H34N2O2. The molecule has 2 heterocycles. The van der Waals surface area contributed by atoms with Crippen molar-refractivity contribution in [3.05, 3.63) is 30.1 Å². The Morgan fingerprint density at radius 2 is 2.12 bits per heavy atom. The average Bonchev–Trinajstić information content (AvgIpc) is 2.62. The van der Waals surface area contributed by atoms with Gasteiger partial charge in [0, 0.05) is 25.5 Å². The molecular weight excluding hydrogens is 324 g/mol. The van der Waals surface area contributed by atoms with Crippen LogP contribution in [0.4, 0.5) is 0 Å². The van der Waals surface area contributed by atoms with Gasteiger partial charge in [-0.3, -0.25) is 9.88 Å². The lowest BCUT2D eigenvalue weighted by Gasteiger charge is -2.34. The van der Waals surface area contributed by atoms with Crippen LogP contribution in [0.25, 0.3) is 0 Å². The topological polar surface area (TPSA) is 45.6 Å². The molecule has 1 aliphatic heterocycles. The quantitative estimate of drug-likeness (QED) is 0.750. The number of nitrogens with zero attached hydrogens (tertiary/aromatic N) is 2. The molecule has 0 unspecified atom stereocenters. The van der Waals surface area contributed by atoms with Gasteiger partial charge in [-0.2, -0.15) is 0 Å². The number of ether oxygens (including phenoxy) is 1. The number of rotatable bonds is 7. The van der Waals surface area contributed by atoms with Gasteiger partial charge in [-0.1, -0.05) is 24.3 Å². The Hall–Kier alpha value is -1.41. The van der Waals surface area contributed by atoms with Crippen molar-refractivity contribution < 1.29 is 9.84 Å². The van der Waals surface area contributed by atoms with E-state index in [4.69, 9.17) is 4.74 Å². The van der Waals surface area contributed by atoms with Gasteiger partial charge in [0.05, 0.1) is 12.1 Å². The zero-order valence-corrected chi connectivity index (χ0v) is 16.8. The fraction of sp³-hybridized carbons (Fsp3) is 0.682. The van der Waals surface area contributed by atoms with E-state index in [1.807, 2.05) is 25.4 Å². The van der Waals surface area contributed by atoms with E-state index in [0.717, 1.165) is 25.8 Å². The molecule has 2 rings (SSSR count). The SMILES string of the molecule is COC(C)(C)CCC[C@@](C)(O)C#CCN1CCCC[C@@H]1c1cccnc1. The normalized spacial score (nSPS) is 20.9. The molecule has 0 amide bonds. The monoisotopic (exact) mass is 358 g/mol. The molecule has 0 aromatic carbocycles. The average molecular weight is 359 g/mol. The Morgan fingerprint density at radius 1 is 1.31 bits per heavy atom. The fourth-order valence-corrected chi connectivity index (χ4v) is 3.49. The molecule has 4 nitrogen and oxygen atoms in total. The van der Waals surface area contributed by atoms with Gasteiger partial charge in [-0.15, -0.1) is 0 Å². The first-order valence-electron chi connectivity index (χ1n) is 9.74. The minimum absolute atomic E-state index is 0.145. The Balaban J connectivity index is 1.89. The highest BCUT2D eigenvalue weighted by atomic mass is 16.5. The zero-order chi connectivity index (χ0) is 19.0. The second-order valence-corrected chi connectivity index (χ2v) is 8.16. The number of methoxy groups -OCH3 is 1. The molecule has 1 saturated heterocycles. The van der Waals surface area contributed by atoms with Crippen LogP contribution in [-0.2, 0) is 4.74 Å². The minimum atomic E-state index is -0.941. The van der Waals surface area contributed by atoms with Crippen LogP contribution in [0.3, 0.4) is 0 Å². The van der Waals surface area contributed by atoms with E-state index >= 15 is 0 Å². The zero-order valence-electron chi connectivity index (χ0n) is 16.8. The molecule has 0 bridgehead atoms. The van der Waals surface area contributed by atoms with E-state index < -0.39 is 5.60 Å². The van der Waals surface area contributed by atoms with Crippen LogP contribution in [0.1, 0.15) is 70.9 Å². The summed E-state index contributed by atoms with van der Waals surface area (Å²) in [5.41, 5.74) is 0.181. The van der Waals surface area contributed by atoms with Gasteiger partial charge in [0.25, 0.3) is 0 Å². The molecule has 1 aliphatic rings. The lowest BCUT2D eigenvalue weighted by Crippen LogP contribution is -2.34. The molecule has 0 spiro atoms. The van der Waals surface area contributed by atoms with Crippen LogP contribution in [0, 0.1) is 11.8 Å². The number of pyridine rings is 1. The summed E-state index contributed by atoms with van der Waals surface area (Å²) in [4.78, 5) is 6.68. The molecule has 1 aromatic rings. The minimum Gasteiger partial charge on any atom is -0.379 e. The highest BCUT2D eigenvalue weighted by molar-refractivity contribution is 5.17. The van der Waals surface area contributed by atoms with Crippen molar-refractivity contribution in [2.75, 3.05) is 20.2 Å². The van der Waals surface area contributed by atoms with E-state index in [1.54, 1.807) is 7.11 Å². The van der Waals surface area contributed by atoms with E-state index in [-0.39, 0.29) is 5.60 Å². The third kappa shape index (κ3) is 6.72. The Kier molecular flexibility index (Phi) is 7.64. The van der Waals surface area contributed by atoms with Gasteiger partial charge in [0.15, 0.2) is 0 Å². The number of piperidine rings is 1. The molecule has 1 fully saturated rings. The predicted molar refractivity (Wildman–Crippen MR) is 106 cm³/mol. The van der Waals surface area contributed by atoms with Gasteiger partial charge in [-0.25, -0.2) is 0 Å². The van der Waals surface area contributed by atoms with Crippen LogP contribution in [0.5, 0.6) is 0 Å². The van der Waals surface area contributed by atoms with Crippen molar-refractivity contribution in [3.8, 4) is 11.8 Å². The van der Waals surface area contributed by atoms with Gasteiger partial charge >= 0.3 is 0 Å². The van der Waals surface area contributed by atoms with Crippen molar-refractivity contribution >= 4 is 0 Å². The van der Waals surface area contributed by atoms with Crippen LogP contribution >= 0.6 is 0 Å². The Morgan fingerprint density at radius 3 is 2.81 bits per heavy atom. The van der Waals surface area contributed by atoms with E-state index in [1.165, 1.54) is 18.4 Å². The van der Waals surface area contributed by atoms with Crippen LogP contribution < -0.4 is 0 Å². The Labute approximate surface area is 159 Å². The maximum atomic E-state index is 10.6. The third-order valence-corrected chi connectivity index (χ3v) is 5.32. The maximum absolute atomic E-state index is 10.6. The summed E-state index contributed by atoms with van der Waals surface area (Å²) >= 11 is 0. The third-order valence-electron chi connectivity index (χ3n) is 5.32. The van der Waals surface area contributed by atoms with Crippen LogP contribution in [0.2, 0.25) is 0 Å². The van der Waals surface area contributed by atoms with Gasteiger partial charge < -0.3 is 9.84 Å². The summed E-state index contributed by atoms with van der Waals surface area (Å²) in [6.07, 6.45) is 9.86. The van der Waals surface area contributed by atoms with Gasteiger partial charge in [0.2, 0.25) is 0 Å². The molecule has 144 valence electrons. The maximum Gasteiger partial charge on any atom is 0.122 e. The summed E-state index contributed by atoms with van der Waals surface area (Å²) in [6.45, 7) is 7.71. The van der Waals surface area contributed by atoms with Crippen molar-refractivity contribution in [1.82, 2.24) is 9.88 Å². The van der Waals surface area contributed by atoms with E-state index in [9.17, 15) is 5.11 Å². The lowest BCUT2D eigenvalue weighted by atomic mass is 9.94. The van der Waals surface area contributed by atoms with E-state index in [0.29, 0.717) is 19.0 Å². The van der Waals surface area contributed by atoms with Gasteiger partial charge in [0.1, 0.15) is 5.60 Å². The van der Waals surface area contributed by atoms with Crippen LogP contribution in [0.15, 0.2) is 24.5 Å². The first-order valence-corrected chi connectivity index (χ1v) is 9.74. The number of likely N-dealkylation sites (tertiary alicyclic amines) is 1. The number of aliphatic hydroxyl groups is 1. The van der Waals surface area contributed by atoms with Crippen molar-refractivity contribution in [1.29, 1.82) is 0 Å². The van der Waals surface area contributed by atoms with Crippen molar-refractivity contribution in [3.63, 3.8) is 0 Å². The van der Waals surface area contributed by atoms with Crippen molar-refractivity contribution in [2.24, 2.45) is 0 Å². The first-order chi connectivity index (χ1) is 12.3. The molecule has 1 N–H and O–H groups in total. The number of hydrogen-bond acceptors (Lipinski definition) is 4. The van der Waals surface area contributed by atoms with Crippen molar-refractivity contribution in [2.45, 2.75) is 76.5 Å². The largest absolute Gasteiger partial charge is 0.379 e. The fourth-order valence-electron chi connectivity index (χ4n) is 3.49. The summed E-state index contributed by atoms with van der Waals surface area (Å²) < 4.78 is 5.44. The molecule has 0 radical (unpaired) electrons. The number of aromatic nitrogens is 1. The summed E-state index contributed by atoms with van der Waals surface area (Å²) in [5.74, 6) is 6.32. The summed E-state index contributed by atoms with van der Waals surface area (Å²) in [7, 11) is 1.73. The van der Waals surface area contributed by atoms with E-state index in [2.05, 4.69) is 41.6 Å². The standard InChI is InChI=1S/C22H34N2O2/c1-21(2,26-4)12-8-13-22(3,25)14-9-17-24-16-6-5-11-20(24)19-10-7-15-23-18-19/h7,10,15,18,20,25H,5-6,8,11-13,16-17H2,1-4H3/t20-,22-/m1/s1. The molecule has 0 aliphatic carbocycles. The highest BCUT2D eigenvalue weighted by Gasteiger charge is 2.24. The molecule has 4 heteroatoms. The first kappa shape index (κ1) is 20.9. The van der Waals surface area contributed by atoms with Crippen LogP contribution in [-0.4, -0.2) is 46.4 Å². The van der Waals surface area contributed by atoms with Gasteiger partial charge in [-0.05, 0) is 71.0 Å². The second-order valence-electron chi connectivity index (χ2n) is 8.16. The second kappa shape index (κ2) is 9.50. The number of hydrogen-bond donors (Lipinski definition) is 1. The lowest BCUT2D eigenvalue weighted by molar-refractivity contribution is 0.00832. The highest BCUT2D eigenvalue weighted by Crippen LogP contribution is 2.29. The molecule has 26 heavy (non-hydrogen) atoms. The summed E-state index contributed by atoms with van der Waals surface area (Å²) in [6, 6.07) is 4.54. The predicted octanol–water partition coefficient (Wildman–Crippen LogP) is 3.96. The molecule has 0 saturated carbocycles. The molecule has 2 atom stereocenters. The summed E-state index contributed by atoms with van der Waals surface area (Å²) in [5, 5.41) is 10.6. The smallest absolute Gasteiger partial charge is 0.122 e.